The van der Waals surface area contributed by atoms with Crippen LogP contribution in [0.5, 0.6) is 5.75 Å². The van der Waals surface area contributed by atoms with Crippen molar-refractivity contribution in [2.75, 3.05) is 0 Å². The van der Waals surface area contributed by atoms with Crippen LogP contribution in [0.1, 0.15) is 17.4 Å². The van der Waals surface area contributed by atoms with Gasteiger partial charge in [-0.25, -0.2) is 4.98 Å². The summed E-state index contributed by atoms with van der Waals surface area (Å²) in [5.74, 6) is -0.428. The van der Waals surface area contributed by atoms with Crippen LogP contribution in [0.4, 0.5) is 0 Å². The van der Waals surface area contributed by atoms with Crippen molar-refractivity contribution in [3.63, 3.8) is 0 Å². The monoisotopic (exact) mass is 413 g/mol. The van der Waals surface area contributed by atoms with Crippen molar-refractivity contribution >= 4 is 38.6 Å². The van der Waals surface area contributed by atoms with Crippen molar-refractivity contribution in [2.24, 2.45) is 0 Å². The smallest absolute Gasteiger partial charge is 0.288 e. The van der Waals surface area contributed by atoms with Gasteiger partial charge in [0.15, 0.2) is 6.10 Å². The normalized spacial score (nSPS) is 11.6. The second-order valence-corrected chi connectivity index (χ2v) is 6.47. The second kappa shape index (κ2) is 7.97. The third-order valence-electron chi connectivity index (χ3n) is 3.61. The number of carbonyl (C=O) groups excluding carboxylic acids is 2. The number of nitrogens with zero attached hydrogens (tertiary/aromatic N) is 1. The maximum atomic E-state index is 12.2. The Hall–Kier alpha value is -2.93. The number of rotatable bonds is 4. The molecular formula is C19H16BrN3O3. The molecule has 1 heterocycles. The van der Waals surface area contributed by atoms with Gasteiger partial charge in [-0.05, 0) is 37.3 Å². The van der Waals surface area contributed by atoms with Crippen LogP contribution in [0.25, 0.3) is 10.9 Å². The predicted molar refractivity (Wildman–Crippen MR) is 102 cm³/mol. The van der Waals surface area contributed by atoms with Gasteiger partial charge >= 0.3 is 0 Å². The molecule has 0 fully saturated rings. The number of aromatic nitrogens is 1. The van der Waals surface area contributed by atoms with Crippen molar-refractivity contribution in [1.82, 2.24) is 15.8 Å². The summed E-state index contributed by atoms with van der Waals surface area (Å²) in [4.78, 5) is 28.6. The Morgan fingerprint density at radius 3 is 2.65 bits per heavy atom. The minimum Gasteiger partial charge on any atom is -0.481 e. The Balaban J connectivity index is 1.58. The average Bonchev–Trinajstić information content (AvgIpc) is 2.65. The number of nitrogens with one attached hydrogen (secondary N) is 2. The van der Waals surface area contributed by atoms with Crippen LogP contribution in [0.15, 0.2) is 65.1 Å². The van der Waals surface area contributed by atoms with Crippen molar-refractivity contribution in [3.05, 3.63) is 70.8 Å². The standard InChI is InChI=1S/C19H16BrN3O3/c1-12(26-15-7-4-6-14(20)11-15)18(24)22-23-19(25)17-10-9-13-5-2-3-8-16(13)21-17/h2-12H,1H3,(H,22,24)(H,23,25)/t12-/m0/s1. The number of hydrogen-bond acceptors (Lipinski definition) is 4. The van der Waals surface area contributed by atoms with Crippen LogP contribution in [-0.4, -0.2) is 22.9 Å². The Labute approximate surface area is 158 Å². The molecule has 0 radical (unpaired) electrons. The van der Waals surface area contributed by atoms with E-state index in [1.165, 1.54) is 0 Å². The number of fused-ring (bicyclic) bond motifs is 1. The lowest BCUT2D eigenvalue weighted by Gasteiger charge is -2.15. The minimum atomic E-state index is -0.783. The van der Waals surface area contributed by atoms with Crippen LogP contribution >= 0.6 is 15.9 Å². The van der Waals surface area contributed by atoms with E-state index in [1.807, 2.05) is 30.3 Å². The lowest BCUT2D eigenvalue weighted by Crippen LogP contribution is -2.47. The molecule has 26 heavy (non-hydrogen) atoms. The molecule has 0 spiro atoms. The quantitative estimate of drug-likeness (QED) is 0.643. The van der Waals surface area contributed by atoms with Gasteiger partial charge in [-0.3, -0.25) is 20.4 Å². The first-order valence-corrected chi connectivity index (χ1v) is 8.70. The number of ether oxygens (including phenoxy) is 1. The first-order valence-electron chi connectivity index (χ1n) is 7.91. The number of hydrazine groups is 1. The number of pyridine rings is 1. The highest BCUT2D eigenvalue weighted by molar-refractivity contribution is 9.10. The molecule has 3 rings (SSSR count). The van der Waals surface area contributed by atoms with E-state index < -0.39 is 17.9 Å². The first-order chi connectivity index (χ1) is 12.5. The van der Waals surface area contributed by atoms with Gasteiger partial charge in [-0.2, -0.15) is 0 Å². The zero-order valence-electron chi connectivity index (χ0n) is 13.9. The Bertz CT molecular complexity index is 961. The van der Waals surface area contributed by atoms with E-state index >= 15 is 0 Å². The molecule has 2 N–H and O–H groups in total. The van der Waals surface area contributed by atoms with Gasteiger partial charge in [0, 0.05) is 9.86 Å². The van der Waals surface area contributed by atoms with Gasteiger partial charge in [0.05, 0.1) is 5.52 Å². The molecule has 7 heteroatoms. The van der Waals surface area contributed by atoms with E-state index in [-0.39, 0.29) is 5.69 Å². The summed E-state index contributed by atoms with van der Waals surface area (Å²) >= 11 is 3.34. The Morgan fingerprint density at radius 2 is 1.85 bits per heavy atom. The van der Waals surface area contributed by atoms with Gasteiger partial charge < -0.3 is 4.74 Å². The highest BCUT2D eigenvalue weighted by Gasteiger charge is 2.16. The molecule has 0 saturated carbocycles. The number of para-hydroxylation sites is 1. The lowest BCUT2D eigenvalue weighted by atomic mass is 10.2. The van der Waals surface area contributed by atoms with E-state index in [0.29, 0.717) is 11.3 Å². The predicted octanol–water partition coefficient (Wildman–Crippen LogP) is 3.23. The van der Waals surface area contributed by atoms with Gasteiger partial charge in [-0.1, -0.05) is 46.3 Å². The SMILES string of the molecule is C[C@H](Oc1cccc(Br)c1)C(=O)NNC(=O)c1ccc2ccccc2n1. The van der Waals surface area contributed by atoms with Crippen LogP contribution in [-0.2, 0) is 4.79 Å². The molecule has 0 aliphatic rings. The minimum absolute atomic E-state index is 0.213. The van der Waals surface area contributed by atoms with Crippen molar-refractivity contribution in [2.45, 2.75) is 13.0 Å². The van der Waals surface area contributed by atoms with E-state index in [2.05, 4.69) is 31.8 Å². The molecule has 0 bridgehead atoms. The lowest BCUT2D eigenvalue weighted by molar-refractivity contribution is -0.128. The molecule has 0 saturated heterocycles. The van der Waals surface area contributed by atoms with Crippen LogP contribution in [0.2, 0.25) is 0 Å². The summed E-state index contributed by atoms with van der Waals surface area (Å²) in [6.07, 6.45) is -0.783. The fraction of sp³-hybridized carbons (Fsp3) is 0.105. The van der Waals surface area contributed by atoms with Crippen molar-refractivity contribution in [3.8, 4) is 5.75 Å². The van der Waals surface area contributed by atoms with E-state index in [9.17, 15) is 9.59 Å². The summed E-state index contributed by atoms with van der Waals surface area (Å²) in [7, 11) is 0. The molecule has 132 valence electrons. The Morgan fingerprint density at radius 1 is 1.04 bits per heavy atom. The number of halogens is 1. The van der Waals surface area contributed by atoms with E-state index in [4.69, 9.17) is 4.74 Å². The largest absolute Gasteiger partial charge is 0.481 e. The zero-order chi connectivity index (χ0) is 18.5. The van der Waals surface area contributed by atoms with Crippen LogP contribution in [0.3, 0.4) is 0 Å². The topological polar surface area (TPSA) is 80.3 Å². The van der Waals surface area contributed by atoms with Gasteiger partial charge in [0.25, 0.3) is 11.8 Å². The van der Waals surface area contributed by atoms with Crippen molar-refractivity contribution in [1.29, 1.82) is 0 Å². The molecule has 6 nitrogen and oxygen atoms in total. The molecule has 2 amide bonds. The summed E-state index contributed by atoms with van der Waals surface area (Å²) in [6, 6.07) is 18.0. The molecule has 1 aromatic heterocycles. The third kappa shape index (κ3) is 4.37. The third-order valence-corrected chi connectivity index (χ3v) is 4.10. The number of hydrogen-bond donors (Lipinski definition) is 2. The van der Waals surface area contributed by atoms with Gasteiger partial charge in [-0.15, -0.1) is 0 Å². The molecule has 3 aromatic rings. The maximum Gasteiger partial charge on any atom is 0.288 e. The van der Waals surface area contributed by atoms with Crippen LogP contribution in [0, 0.1) is 0 Å². The molecule has 0 aliphatic heterocycles. The average molecular weight is 414 g/mol. The van der Waals surface area contributed by atoms with Gasteiger partial charge in [0.2, 0.25) is 0 Å². The van der Waals surface area contributed by atoms with E-state index in [0.717, 1.165) is 9.86 Å². The number of amides is 2. The second-order valence-electron chi connectivity index (χ2n) is 5.55. The summed E-state index contributed by atoms with van der Waals surface area (Å²) in [5.41, 5.74) is 5.62. The highest BCUT2D eigenvalue weighted by Crippen LogP contribution is 2.18. The van der Waals surface area contributed by atoms with Gasteiger partial charge in [0.1, 0.15) is 11.4 Å². The highest BCUT2D eigenvalue weighted by atomic mass is 79.9. The zero-order valence-corrected chi connectivity index (χ0v) is 15.5. The van der Waals surface area contributed by atoms with Crippen molar-refractivity contribution < 1.29 is 14.3 Å². The summed E-state index contributed by atoms with van der Waals surface area (Å²) in [6.45, 7) is 1.59. The molecule has 0 aliphatic carbocycles. The van der Waals surface area contributed by atoms with E-state index in [1.54, 1.807) is 37.3 Å². The maximum absolute atomic E-state index is 12.2. The summed E-state index contributed by atoms with van der Waals surface area (Å²) in [5, 5.41) is 0.934. The fourth-order valence-electron chi connectivity index (χ4n) is 2.27. The number of carbonyl (C=O) groups is 2. The summed E-state index contributed by atoms with van der Waals surface area (Å²) < 4.78 is 6.39. The number of benzene rings is 2. The molecule has 1 atom stereocenters. The Kier molecular flexibility index (Phi) is 5.48. The molecule has 2 aromatic carbocycles. The first kappa shape index (κ1) is 17.9. The molecule has 0 unspecified atom stereocenters. The molecular weight excluding hydrogens is 398 g/mol. The fourth-order valence-corrected chi connectivity index (χ4v) is 2.65. The van der Waals surface area contributed by atoms with Crippen LogP contribution < -0.4 is 15.6 Å².